The number of hydrogen-bond acceptors (Lipinski definition) is 5. The van der Waals surface area contributed by atoms with E-state index in [1.54, 1.807) is 11.9 Å². The molecule has 0 saturated carbocycles. The Morgan fingerprint density at radius 1 is 1.14 bits per heavy atom. The molecule has 0 aliphatic carbocycles. The van der Waals surface area contributed by atoms with Crippen molar-refractivity contribution in [1.29, 1.82) is 0 Å². The minimum Gasteiger partial charge on any atom is -0.389 e. The molecule has 0 spiro atoms. The average molecular weight is 613 g/mol. The molecule has 3 aromatic rings. The Hall–Kier alpha value is -3.96. The molecule has 6 nitrogen and oxygen atoms in total. The van der Waals surface area contributed by atoms with Crippen LogP contribution in [-0.4, -0.2) is 45.8 Å². The van der Waals surface area contributed by atoms with E-state index in [0.29, 0.717) is 51.6 Å². The molecule has 2 heterocycles. The monoisotopic (exact) mass is 612 g/mol. The molecule has 0 aromatic heterocycles. The maximum Gasteiger partial charge on any atom is 0.416 e. The lowest BCUT2D eigenvalue weighted by Gasteiger charge is -2.36. The first kappa shape index (κ1) is 32.0. The van der Waals surface area contributed by atoms with Crippen LogP contribution in [0.2, 0.25) is 5.02 Å². The highest BCUT2D eigenvalue weighted by Crippen LogP contribution is 2.53. The van der Waals surface area contributed by atoms with Crippen molar-refractivity contribution in [3.63, 3.8) is 0 Å². The van der Waals surface area contributed by atoms with E-state index in [-0.39, 0.29) is 11.1 Å². The molecule has 3 N–H and O–H groups in total. The summed E-state index contributed by atoms with van der Waals surface area (Å²) in [6, 6.07) is 7.36. The lowest BCUT2D eigenvalue weighted by molar-refractivity contribution is -0.137. The van der Waals surface area contributed by atoms with E-state index < -0.39 is 40.8 Å². The molecule has 3 aromatic carbocycles. The van der Waals surface area contributed by atoms with E-state index in [1.807, 2.05) is 13.0 Å². The van der Waals surface area contributed by atoms with E-state index in [1.165, 1.54) is 29.2 Å². The minimum atomic E-state index is -4.51. The van der Waals surface area contributed by atoms with Crippen LogP contribution in [0.5, 0.6) is 0 Å². The molecule has 0 saturated heterocycles. The van der Waals surface area contributed by atoms with Crippen molar-refractivity contribution in [2.75, 3.05) is 28.7 Å². The molecule has 14 heteroatoms. The number of anilines is 3. The summed E-state index contributed by atoms with van der Waals surface area (Å²) >= 11 is 6.32. The van der Waals surface area contributed by atoms with E-state index >= 15 is 0 Å². The Balaban J connectivity index is 0.000000273. The Morgan fingerprint density at radius 2 is 1.81 bits per heavy atom. The van der Waals surface area contributed by atoms with E-state index in [2.05, 4.69) is 23.8 Å². The van der Waals surface area contributed by atoms with Gasteiger partial charge in [-0.05, 0) is 55.0 Å². The van der Waals surface area contributed by atoms with E-state index in [4.69, 9.17) is 27.3 Å². The Kier molecular flexibility index (Phi) is 8.63. The summed E-state index contributed by atoms with van der Waals surface area (Å²) in [6.07, 6.45) is -3.35. The molecule has 2 aliphatic heterocycles. The van der Waals surface area contributed by atoms with Gasteiger partial charge >= 0.3 is 6.18 Å². The number of benzene rings is 3. The molecular weight excluding hydrogens is 588 g/mol. The van der Waals surface area contributed by atoms with E-state index in [0.717, 1.165) is 12.1 Å². The van der Waals surface area contributed by atoms with Gasteiger partial charge in [0.2, 0.25) is 0 Å². The van der Waals surface area contributed by atoms with Gasteiger partial charge in [0, 0.05) is 35.4 Å². The Bertz CT molecular complexity index is 1630. The number of nitrogens with zero attached hydrogens (tertiary/aromatic N) is 2. The van der Waals surface area contributed by atoms with E-state index in [9.17, 15) is 31.9 Å². The van der Waals surface area contributed by atoms with Crippen LogP contribution in [0, 0.1) is 11.6 Å². The topological polar surface area (TPSA) is 67.8 Å². The SMILES string of the molecule is C=Cc1cc(F)cc(C(F)(F)F)c1.[B]C([B])(O)N1C(=C)N(CC)c2cc(NC)c3c(c21)C(=O)NC3c1cc(F)ccc1Cl. The van der Waals surface area contributed by atoms with Crippen LogP contribution in [0.25, 0.3) is 6.08 Å². The Labute approximate surface area is 252 Å². The van der Waals surface area contributed by atoms with Crippen LogP contribution >= 0.6 is 11.6 Å². The summed E-state index contributed by atoms with van der Waals surface area (Å²) in [6.45, 7) is 9.64. The molecule has 5 rings (SSSR count). The third-order valence-electron chi connectivity index (χ3n) is 6.89. The number of halogens is 6. The third kappa shape index (κ3) is 5.96. The van der Waals surface area contributed by atoms with Gasteiger partial charge in [0.05, 0.1) is 34.1 Å². The van der Waals surface area contributed by atoms with Crippen molar-refractivity contribution in [1.82, 2.24) is 5.32 Å². The average Bonchev–Trinajstić information content (AvgIpc) is 3.41. The molecule has 0 bridgehead atoms. The molecular formula is C29H24B2ClF5N4O2. The molecule has 0 fully saturated rings. The maximum absolute atomic E-state index is 14.0. The molecule has 43 heavy (non-hydrogen) atoms. The molecule has 1 unspecified atom stereocenters. The van der Waals surface area contributed by atoms with Crippen molar-refractivity contribution in [2.45, 2.75) is 24.7 Å². The number of carbonyl (C=O) groups is 1. The smallest absolute Gasteiger partial charge is 0.389 e. The molecule has 1 amide bonds. The van der Waals surface area contributed by atoms with Gasteiger partial charge in [-0.15, -0.1) is 0 Å². The number of carbonyl (C=O) groups excluding carboxylic acids is 1. The van der Waals surface area contributed by atoms with Gasteiger partial charge in [0.25, 0.3) is 5.91 Å². The predicted molar refractivity (Wildman–Crippen MR) is 159 cm³/mol. The summed E-state index contributed by atoms with van der Waals surface area (Å²) in [4.78, 5) is 16.1. The van der Waals surface area contributed by atoms with Crippen molar-refractivity contribution < 1.29 is 31.9 Å². The van der Waals surface area contributed by atoms with Gasteiger partial charge in [0.15, 0.2) is 0 Å². The lowest BCUT2D eigenvalue weighted by Crippen LogP contribution is -2.50. The second kappa shape index (κ2) is 11.6. The molecule has 1 atom stereocenters. The zero-order valence-electron chi connectivity index (χ0n) is 23.0. The minimum absolute atomic E-state index is 0.118. The second-order valence-corrected chi connectivity index (χ2v) is 10.1. The number of amides is 1. The summed E-state index contributed by atoms with van der Waals surface area (Å²) < 4.78 is 62.8. The fourth-order valence-electron chi connectivity index (χ4n) is 5.11. The van der Waals surface area contributed by atoms with Gasteiger partial charge in [-0.25, -0.2) is 8.78 Å². The first-order chi connectivity index (χ1) is 20.0. The summed E-state index contributed by atoms with van der Waals surface area (Å²) in [5.41, 5.74) is -0.377. The first-order valence-corrected chi connectivity index (χ1v) is 13.1. The molecule has 2 aliphatic rings. The van der Waals surface area contributed by atoms with Crippen molar-refractivity contribution in [2.24, 2.45) is 0 Å². The number of hydrogen-bond donors (Lipinski definition) is 3. The Morgan fingerprint density at radius 3 is 2.37 bits per heavy atom. The largest absolute Gasteiger partial charge is 0.416 e. The van der Waals surface area contributed by atoms with Crippen LogP contribution in [0.3, 0.4) is 0 Å². The number of fused-ring (bicyclic) bond motifs is 3. The number of nitrogens with one attached hydrogen (secondary N) is 2. The predicted octanol–water partition coefficient (Wildman–Crippen LogP) is 5.90. The van der Waals surface area contributed by atoms with Gasteiger partial charge in [0.1, 0.15) is 33.1 Å². The van der Waals surface area contributed by atoms with Gasteiger partial charge in [-0.3, -0.25) is 4.79 Å². The zero-order valence-corrected chi connectivity index (χ0v) is 23.7. The quantitative estimate of drug-likeness (QED) is 0.248. The van der Waals surface area contributed by atoms with Gasteiger partial charge in [-0.2, -0.15) is 13.2 Å². The fraction of sp³-hybridized carbons (Fsp3) is 0.207. The maximum atomic E-state index is 14.0. The highest BCUT2D eigenvalue weighted by molar-refractivity contribution is 6.41. The van der Waals surface area contributed by atoms with Crippen molar-refractivity contribution in [3.8, 4) is 0 Å². The van der Waals surface area contributed by atoms with Gasteiger partial charge in [-0.1, -0.05) is 30.8 Å². The summed E-state index contributed by atoms with van der Waals surface area (Å²) in [5.74, 6) is -1.49. The number of aliphatic hydroxyl groups is 1. The van der Waals surface area contributed by atoms with Crippen molar-refractivity contribution >= 4 is 56.3 Å². The number of alkyl halides is 3. The standard InChI is InChI=1S/C20H18B2ClFN4O2.C9H6F4/c1-4-27-9(2)28(20(21,22)30)18-14(27)8-13(25-3)15-16(18)19(29)26-17(15)11-7-10(24)5-6-12(11)23;1-2-6-3-7(9(11,12)13)5-8(10)4-6/h5-8,17,25,30H,2,4H2,1,3H3,(H,26,29);2-5H,1H2. The first-order valence-electron chi connectivity index (χ1n) is 12.7. The van der Waals surface area contributed by atoms with Crippen LogP contribution < -0.4 is 20.4 Å². The third-order valence-corrected chi connectivity index (χ3v) is 7.24. The van der Waals surface area contributed by atoms with Crippen LogP contribution in [0.1, 0.15) is 45.6 Å². The van der Waals surface area contributed by atoms with Gasteiger partial charge < -0.3 is 25.5 Å². The fourth-order valence-corrected chi connectivity index (χ4v) is 5.33. The number of rotatable bonds is 5. The second-order valence-electron chi connectivity index (χ2n) is 9.66. The van der Waals surface area contributed by atoms with Crippen LogP contribution in [0.15, 0.2) is 61.4 Å². The van der Waals surface area contributed by atoms with Crippen molar-refractivity contribution in [3.05, 3.63) is 106 Å². The summed E-state index contributed by atoms with van der Waals surface area (Å²) in [7, 11) is 13.4. The normalized spacial score (nSPS) is 15.9. The zero-order chi connectivity index (χ0) is 32.0. The highest BCUT2D eigenvalue weighted by Gasteiger charge is 2.45. The molecule has 4 radical (unpaired) electrons. The lowest BCUT2D eigenvalue weighted by atomic mass is 9.71. The highest BCUT2D eigenvalue weighted by atomic mass is 35.5. The summed E-state index contributed by atoms with van der Waals surface area (Å²) in [5, 5.41) is 16.7. The van der Waals surface area contributed by atoms with Crippen LogP contribution in [0.4, 0.5) is 39.0 Å². The van der Waals surface area contributed by atoms with Crippen LogP contribution in [-0.2, 0) is 6.18 Å². The molecule has 220 valence electrons.